The Balaban J connectivity index is 1.42. The second-order valence-electron chi connectivity index (χ2n) is 6.01. The molecule has 0 amide bonds. The summed E-state index contributed by atoms with van der Waals surface area (Å²) in [5.74, 6) is 0.316. The molecule has 24 heavy (non-hydrogen) atoms. The summed E-state index contributed by atoms with van der Waals surface area (Å²) in [5.41, 5.74) is 2.12. The first-order valence-corrected chi connectivity index (χ1v) is 9.19. The molecule has 0 spiro atoms. The zero-order valence-corrected chi connectivity index (χ0v) is 14.7. The van der Waals surface area contributed by atoms with Crippen molar-refractivity contribution in [3.05, 3.63) is 53.1 Å². The Hall–Kier alpha value is -1.82. The summed E-state index contributed by atoms with van der Waals surface area (Å²) in [4.78, 5) is 9.41. The van der Waals surface area contributed by atoms with E-state index in [4.69, 9.17) is 11.6 Å². The number of benzene rings is 2. The number of hydrogen-bond donors (Lipinski definition) is 1. The third kappa shape index (κ3) is 3.20. The van der Waals surface area contributed by atoms with Crippen molar-refractivity contribution in [3.8, 4) is 5.75 Å². The number of phenolic OH excluding ortho intramolecular Hbond substituents is 1. The van der Waals surface area contributed by atoms with E-state index in [1.807, 2.05) is 30.3 Å². The molecule has 0 atom stereocenters. The summed E-state index contributed by atoms with van der Waals surface area (Å²) in [6.45, 7) is 4.81. The summed E-state index contributed by atoms with van der Waals surface area (Å²) in [6.07, 6.45) is 0. The normalized spacial score (nSPS) is 16.0. The van der Waals surface area contributed by atoms with Crippen molar-refractivity contribution < 1.29 is 5.11 Å². The Morgan fingerprint density at radius 1 is 1.08 bits per heavy atom. The van der Waals surface area contributed by atoms with E-state index in [-0.39, 0.29) is 0 Å². The summed E-state index contributed by atoms with van der Waals surface area (Å²) < 4.78 is 0.869. The summed E-state index contributed by atoms with van der Waals surface area (Å²) in [5, 5.41) is 11.7. The van der Waals surface area contributed by atoms with Gasteiger partial charge in [-0.3, -0.25) is 4.90 Å². The molecule has 0 saturated carbocycles. The summed E-state index contributed by atoms with van der Waals surface area (Å²) in [7, 11) is 0. The van der Waals surface area contributed by atoms with E-state index in [1.165, 1.54) is 5.56 Å². The van der Waals surface area contributed by atoms with Crippen molar-refractivity contribution in [2.45, 2.75) is 6.54 Å². The number of rotatable bonds is 3. The Morgan fingerprint density at radius 3 is 2.62 bits per heavy atom. The molecule has 4 rings (SSSR count). The van der Waals surface area contributed by atoms with Crippen LogP contribution in [0.15, 0.2) is 42.5 Å². The molecular weight excluding hydrogens is 342 g/mol. The van der Waals surface area contributed by atoms with E-state index in [1.54, 1.807) is 17.4 Å². The monoisotopic (exact) mass is 359 g/mol. The van der Waals surface area contributed by atoms with Crippen molar-refractivity contribution in [2.24, 2.45) is 0 Å². The fourth-order valence-electron chi connectivity index (χ4n) is 3.05. The van der Waals surface area contributed by atoms with Crippen molar-refractivity contribution in [3.63, 3.8) is 0 Å². The molecule has 0 aliphatic carbocycles. The molecule has 4 nitrogen and oxygen atoms in total. The molecule has 0 radical (unpaired) electrons. The number of thiazole rings is 1. The van der Waals surface area contributed by atoms with E-state index in [9.17, 15) is 5.11 Å². The zero-order valence-electron chi connectivity index (χ0n) is 13.2. The van der Waals surface area contributed by atoms with Crippen molar-refractivity contribution in [1.82, 2.24) is 9.88 Å². The number of nitrogens with zero attached hydrogens (tertiary/aromatic N) is 3. The van der Waals surface area contributed by atoms with Gasteiger partial charge in [-0.15, -0.1) is 0 Å². The van der Waals surface area contributed by atoms with E-state index in [0.29, 0.717) is 5.75 Å². The smallest absolute Gasteiger partial charge is 0.186 e. The number of phenols is 1. The van der Waals surface area contributed by atoms with Gasteiger partial charge in [-0.2, -0.15) is 0 Å². The maximum atomic E-state index is 9.94. The molecule has 1 aromatic heterocycles. The molecule has 2 heterocycles. The number of aromatic nitrogens is 1. The zero-order chi connectivity index (χ0) is 16.5. The van der Waals surface area contributed by atoms with Crippen LogP contribution in [0, 0.1) is 0 Å². The van der Waals surface area contributed by atoms with E-state index in [0.717, 1.165) is 53.1 Å². The Kier molecular flexibility index (Phi) is 4.31. The quantitative estimate of drug-likeness (QED) is 0.767. The van der Waals surface area contributed by atoms with Gasteiger partial charge in [0.25, 0.3) is 0 Å². The van der Waals surface area contributed by atoms with Crippen LogP contribution < -0.4 is 4.90 Å². The second kappa shape index (κ2) is 6.59. The van der Waals surface area contributed by atoms with Gasteiger partial charge in [-0.1, -0.05) is 41.1 Å². The molecule has 3 aromatic rings. The highest BCUT2D eigenvalue weighted by Gasteiger charge is 2.20. The average Bonchev–Trinajstić information content (AvgIpc) is 3.01. The lowest BCUT2D eigenvalue weighted by atomic mass is 10.2. The van der Waals surface area contributed by atoms with E-state index < -0.39 is 0 Å². The van der Waals surface area contributed by atoms with Crippen LogP contribution in [0.3, 0.4) is 0 Å². The van der Waals surface area contributed by atoms with Crippen molar-refractivity contribution >= 4 is 38.3 Å². The molecule has 0 bridgehead atoms. The van der Waals surface area contributed by atoms with Crippen molar-refractivity contribution in [2.75, 3.05) is 31.1 Å². The topological polar surface area (TPSA) is 39.6 Å². The van der Waals surface area contributed by atoms with Gasteiger partial charge in [0.1, 0.15) is 5.75 Å². The van der Waals surface area contributed by atoms with Gasteiger partial charge in [0.2, 0.25) is 0 Å². The van der Waals surface area contributed by atoms with Crippen LogP contribution in [0.4, 0.5) is 5.13 Å². The molecule has 124 valence electrons. The van der Waals surface area contributed by atoms with Crippen LogP contribution >= 0.6 is 22.9 Å². The number of halogens is 1. The van der Waals surface area contributed by atoms with Gasteiger partial charge >= 0.3 is 0 Å². The Labute approximate surface area is 149 Å². The number of fused-ring (bicyclic) bond motifs is 1. The fourth-order valence-corrected chi connectivity index (χ4v) is 4.29. The standard InChI is InChI=1S/C18H18ClN3OS/c19-14-4-1-3-13(11-14)12-21-7-9-22(10-8-21)18-20-15-5-2-6-16(23)17(15)24-18/h1-6,11,23H,7-10,12H2. The van der Waals surface area contributed by atoms with Gasteiger partial charge in [-0.05, 0) is 29.8 Å². The SMILES string of the molecule is Oc1cccc2nc(N3CCN(Cc4cccc(Cl)c4)CC3)sc12. The highest BCUT2D eigenvalue weighted by atomic mass is 35.5. The molecule has 0 unspecified atom stereocenters. The minimum Gasteiger partial charge on any atom is -0.506 e. The minimum atomic E-state index is 0.316. The van der Waals surface area contributed by atoms with Crippen LogP contribution in [0.2, 0.25) is 5.02 Å². The van der Waals surface area contributed by atoms with Crippen LogP contribution in [-0.4, -0.2) is 41.2 Å². The Morgan fingerprint density at radius 2 is 1.88 bits per heavy atom. The third-order valence-corrected chi connectivity index (χ3v) is 5.71. The lowest BCUT2D eigenvalue weighted by Gasteiger charge is -2.34. The average molecular weight is 360 g/mol. The van der Waals surface area contributed by atoms with Crippen LogP contribution in [0.1, 0.15) is 5.56 Å². The molecule has 1 N–H and O–H groups in total. The lowest BCUT2D eigenvalue weighted by Crippen LogP contribution is -2.45. The maximum Gasteiger partial charge on any atom is 0.186 e. The van der Waals surface area contributed by atoms with E-state index >= 15 is 0 Å². The van der Waals surface area contributed by atoms with Gasteiger partial charge in [0.05, 0.1) is 10.2 Å². The van der Waals surface area contributed by atoms with Gasteiger partial charge < -0.3 is 10.0 Å². The first-order valence-electron chi connectivity index (χ1n) is 7.99. The molecule has 2 aromatic carbocycles. The molecule has 1 saturated heterocycles. The number of piperazine rings is 1. The molecule has 1 aliphatic rings. The predicted molar refractivity (Wildman–Crippen MR) is 100 cm³/mol. The van der Waals surface area contributed by atoms with Crippen LogP contribution in [-0.2, 0) is 6.54 Å². The first-order chi connectivity index (χ1) is 11.7. The number of anilines is 1. The maximum absolute atomic E-state index is 9.94. The van der Waals surface area contributed by atoms with Gasteiger partial charge in [-0.25, -0.2) is 4.98 Å². The predicted octanol–water partition coefficient (Wildman–Crippen LogP) is 3.98. The fraction of sp³-hybridized carbons (Fsp3) is 0.278. The number of hydrogen-bond acceptors (Lipinski definition) is 5. The highest BCUT2D eigenvalue weighted by molar-refractivity contribution is 7.22. The van der Waals surface area contributed by atoms with Gasteiger partial charge in [0.15, 0.2) is 5.13 Å². The summed E-state index contributed by atoms with van der Waals surface area (Å²) in [6, 6.07) is 13.6. The van der Waals surface area contributed by atoms with E-state index in [2.05, 4.69) is 20.9 Å². The summed E-state index contributed by atoms with van der Waals surface area (Å²) >= 11 is 7.63. The van der Waals surface area contributed by atoms with Crippen LogP contribution in [0.25, 0.3) is 10.2 Å². The van der Waals surface area contributed by atoms with Crippen LogP contribution in [0.5, 0.6) is 5.75 Å². The lowest BCUT2D eigenvalue weighted by molar-refractivity contribution is 0.250. The van der Waals surface area contributed by atoms with Crippen molar-refractivity contribution in [1.29, 1.82) is 0 Å². The largest absolute Gasteiger partial charge is 0.506 e. The number of aromatic hydroxyl groups is 1. The molecule has 1 aliphatic heterocycles. The molecular formula is C18H18ClN3OS. The highest BCUT2D eigenvalue weighted by Crippen LogP contribution is 2.34. The molecule has 1 fully saturated rings. The third-order valence-electron chi connectivity index (χ3n) is 4.32. The Bertz CT molecular complexity index is 858. The first kappa shape index (κ1) is 15.7. The van der Waals surface area contributed by atoms with Gasteiger partial charge in [0, 0.05) is 37.7 Å². The molecule has 6 heteroatoms. The second-order valence-corrected chi connectivity index (χ2v) is 7.43. The minimum absolute atomic E-state index is 0.316.